The molecule has 0 aliphatic carbocycles. The van der Waals surface area contributed by atoms with Crippen LogP contribution in [0.25, 0.3) is 0 Å². The zero-order valence-electron chi connectivity index (χ0n) is 9.67. The second-order valence-corrected chi connectivity index (χ2v) is 4.62. The first-order valence-electron chi connectivity index (χ1n) is 5.06. The molecule has 1 unspecified atom stereocenters. The minimum atomic E-state index is -0.586. The van der Waals surface area contributed by atoms with Gasteiger partial charge in [-0.1, -0.05) is 6.92 Å². The number of amides is 2. The topological polar surface area (TPSA) is 98.2 Å². The van der Waals surface area contributed by atoms with Crippen molar-refractivity contribution in [2.75, 3.05) is 6.54 Å². The van der Waals surface area contributed by atoms with E-state index in [1.165, 1.54) is 0 Å². The zero-order chi connectivity index (χ0) is 12.1. The number of hydrogen-bond acceptors (Lipinski definition) is 3. The van der Waals surface area contributed by atoms with Crippen LogP contribution < -0.4 is 16.8 Å². The van der Waals surface area contributed by atoms with Crippen LogP contribution in [0.15, 0.2) is 0 Å². The fraction of sp³-hybridized carbons (Fsp3) is 0.800. The van der Waals surface area contributed by atoms with Crippen molar-refractivity contribution in [2.45, 2.75) is 39.2 Å². The van der Waals surface area contributed by atoms with Crippen molar-refractivity contribution >= 4 is 11.8 Å². The maximum Gasteiger partial charge on any atom is 0.220 e. The molecular weight excluding hydrogens is 194 g/mol. The van der Waals surface area contributed by atoms with Crippen LogP contribution in [0.5, 0.6) is 0 Å². The van der Waals surface area contributed by atoms with Gasteiger partial charge in [0, 0.05) is 18.4 Å². The molecule has 5 N–H and O–H groups in total. The van der Waals surface area contributed by atoms with E-state index in [1.54, 1.807) is 13.8 Å². The smallest absolute Gasteiger partial charge is 0.220 e. The average Bonchev–Trinajstić information content (AvgIpc) is 1.99. The maximum absolute atomic E-state index is 11.5. The molecule has 0 heterocycles. The number of primary amides is 1. The molecule has 5 heteroatoms. The summed E-state index contributed by atoms with van der Waals surface area (Å²) in [4.78, 5) is 22.2. The van der Waals surface area contributed by atoms with Gasteiger partial charge in [0.05, 0.1) is 0 Å². The van der Waals surface area contributed by atoms with Gasteiger partial charge in [0.2, 0.25) is 11.8 Å². The minimum Gasteiger partial charge on any atom is -0.370 e. The van der Waals surface area contributed by atoms with Gasteiger partial charge in [0.25, 0.3) is 0 Å². The van der Waals surface area contributed by atoms with Crippen LogP contribution in [0.1, 0.15) is 33.6 Å². The lowest BCUT2D eigenvalue weighted by Gasteiger charge is -2.25. The summed E-state index contributed by atoms with van der Waals surface area (Å²) in [6.45, 7) is 5.91. The Kier molecular flexibility index (Phi) is 5.28. The highest BCUT2D eigenvalue weighted by Gasteiger charge is 2.23. The molecule has 1 atom stereocenters. The Morgan fingerprint density at radius 2 is 1.93 bits per heavy atom. The maximum atomic E-state index is 11.5. The molecule has 0 saturated carbocycles. The van der Waals surface area contributed by atoms with Crippen LogP contribution in [-0.4, -0.2) is 23.9 Å². The monoisotopic (exact) mass is 215 g/mol. The number of carbonyl (C=O) groups is 2. The third kappa shape index (κ3) is 6.90. The summed E-state index contributed by atoms with van der Waals surface area (Å²) in [6, 6.07) is 0. The zero-order valence-corrected chi connectivity index (χ0v) is 9.67. The Morgan fingerprint density at radius 1 is 1.40 bits per heavy atom. The molecule has 0 fully saturated rings. The highest BCUT2D eigenvalue weighted by molar-refractivity contribution is 5.79. The molecule has 0 aromatic carbocycles. The highest BCUT2D eigenvalue weighted by atomic mass is 16.2. The van der Waals surface area contributed by atoms with Gasteiger partial charge < -0.3 is 16.8 Å². The van der Waals surface area contributed by atoms with Crippen LogP contribution in [-0.2, 0) is 9.59 Å². The number of hydrogen-bond donors (Lipinski definition) is 3. The fourth-order valence-corrected chi connectivity index (χ4v) is 1.31. The SMILES string of the molecule is CC(CN)CC(=O)NC(C)(C)CC(N)=O. The van der Waals surface area contributed by atoms with E-state index in [2.05, 4.69) is 5.32 Å². The Bertz CT molecular complexity index is 239. The number of nitrogens with two attached hydrogens (primary N) is 2. The molecule has 88 valence electrons. The quantitative estimate of drug-likeness (QED) is 0.569. The number of carbonyl (C=O) groups excluding carboxylic acids is 2. The summed E-state index contributed by atoms with van der Waals surface area (Å²) in [5, 5.41) is 2.76. The van der Waals surface area contributed by atoms with Gasteiger partial charge in [-0.05, 0) is 26.3 Å². The van der Waals surface area contributed by atoms with E-state index in [0.717, 1.165) is 0 Å². The lowest BCUT2D eigenvalue weighted by atomic mass is 9.99. The molecule has 0 aromatic heterocycles. The van der Waals surface area contributed by atoms with Crippen molar-refractivity contribution in [3.63, 3.8) is 0 Å². The van der Waals surface area contributed by atoms with Gasteiger partial charge in [-0.25, -0.2) is 0 Å². The summed E-state index contributed by atoms with van der Waals surface area (Å²) >= 11 is 0. The van der Waals surface area contributed by atoms with E-state index in [-0.39, 0.29) is 18.2 Å². The molecule has 0 aliphatic heterocycles. The van der Waals surface area contributed by atoms with Crippen molar-refractivity contribution in [3.05, 3.63) is 0 Å². The minimum absolute atomic E-state index is 0.0980. The summed E-state index contributed by atoms with van der Waals surface area (Å²) < 4.78 is 0. The first-order valence-corrected chi connectivity index (χ1v) is 5.06. The standard InChI is InChI=1S/C10H21N3O2/c1-7(6-11)4-9(15)13-10(2,3)5-8(12)14/h7H,4-6,11H2,1-3H3,(H2,12,14)(H,13,15). The molecule has 0 saturated heterocycles. The van der Waals surface area contributed by atoms with Crippen molar-refractivity contribution < 1.29 is 9.59 Å². The first kappa shape index (κ1) is 13.9. The summed E-state index contributed by atoms with van der Waals surface area (Å²) in [7, 11) is 0. The second-order valence-electron chi connectivity index (χ2n) is 4.62. The Labute approximate surface area is 90.6 Å². The van der Waals surface area contributed by atoms with E-state index < -0.39 is 11.4 Å². The molecule has 0 aliphatic rings. The van der Waals surface area contributed by atoms with Gasteiger partial charge in [0.1, 0.15) is 0 Å². The predicted molar refractivity (Wildman–Crippen MR) is 58.9 cm³/mol. The first-order chi connectivity index (χ1) is 6.76. The molecule has 15 heavy (non-hydrogen) atoms. The van der Waals surface area contributed by atoms with E-state index in [9.17, 15) is 9.59 Å². The van der Waals surface area contributed by atoms with Gasteiger partial charge >= 0.3 is 0 Å². The van der Waals surface area contributed by atoms with Gasteiger partial charge in [-0.15, -0.1) is 0 Å². The molecular formula is C10H21N3O2. The molecule has 0 aromatic rings. The third-order valence-electron chi connectivity index (χ3n) is 2.03. The Morgan fingerprint density at radius 3 is 2.33 bits per heavy atom. The van der Waals surface area contributed by atoms with Crippen LogP contribution in [0, 0.1) is 5.92 Å². The molecule has 0 rings (SSSR count). The second kappa shape index (κ2) is 5.70. The van der Waals surface area contributed by atoms with Crippen molar-refractivity contribution in [1.82, 2.24) is 5.32 Å². The van der Waals surface area contributed by atoms with E-state index in [0.29, 0.717) is 13.0 Å². The van der Waals surface area contributed by atoms with E-state index in [4.69, 9.17) is 11.5 Å². The third-order valence-corrected chi connectivity index (χ3v) is 2.03. The van der Waals surface area contributed by atoms with Crippen LogP contribution >= 0.6 is 0 Å². The van der Waals surface area contributed by atoms with E-state index >= 15 is 0 Å². The van der Waals surface area contributed by atoms with Crippen LogP contribution in [0.2, 0.25) is 0 Å². The molecule has 2 amide bonds. The molecule has 5 nitrogen and oxygen atoms in total. The Balaban J connectivity index is 4.09. The molecule has 0 radical (unpaired) electrons. The predicted octanol–water partition coefficient (Wildman–Crippen LogP) is -0.258. The average molecular weight is 215 g/mol. The Hall–Kier alpha value is -1.10. The van der Waals surface area contributed by atoms with E-state index in [1.807, 2.05) is 6.92 Å². The van der Waals surface area contributed by atoms with Crippen molar-refractivity contribution in [1.29, 1.82) is 0 Å². The van der Waals surface area contributed by atoms with Crippen molar-refractivity contribution in [2.24, 2.45) is 17.4 Å². The van der Waals surface area contributed by atoms with Gasteiger partial charge in [-0.2, -0.15) is 0 Å². The summed E-state index contributed by atoms with van der Waals surface area (Å²) in [5.41, 5.74) is 9.90. The summed E-state index contributed by atoms with van der Waals surface area (Å²) in [5.74, 6) is -0.374. The van der Waals surface area contributed by atoms with Crippen LogP contribution in [0.3, 0.4) is 0 Å². The van der Waals surface area contributed by atoms with Gasteiger partial charge in [-0.3, -0.25) is 9.59 Å². The number of rotatable bonds is 6. The largest absolute Gasteiger partial charge is 0.370 e. The summed E-state index contributed by atoms with van der Waals surface area (Å²) in [6.07, 6.45) is 0.508. The van der Waals surface area contributed by atoms with Gasteiger partial charge in [0.15, 0.2) is 0 Å². The highest BCUT2D eigenvalue weighted by Crippen LogP contribution is 2.09. The van der Waals surface area contributed by atoms with Crippen molar-refractivity contribution in [3.8, 4) is 0 Å². The lowest BCUT2D eigenvalue weighted by molar-refractivity contribution is -0.124. The molecule has 0 bridgehead atoms. The van der Waals surface area contributed by atoms with Crippen LogP contribution in [0.4, 0.5) is 0 Å². The lowest BCUT2D eigenvalue weighted by Crippen LogP contribution is -2.46. The number of nitrogens with one attached hydrogen (secondary N) is 1. The fourth-order valence-electron chi connectivity index (χ4n) is 1.31. The normalized spacial score (nSPS) is 13.3. The molecule has 0 spiro atoms.